The molecule has 2 unspecified atom stereocenters. The molecule has 0 aliphatic carbocycles. The molecule has 0 bridgehead atoms. The van der Waals surface area contributed by atoms with Gasteiger partial charge in [-0.25, -0.2) is 0 Å². The van der Waals surface area contributed by atoms with Crippen LogP contribution in [0.25, 0.3) is 10.8 Å². The summed E-state index contributed by atoms with van der Waals surface area (Å²) < 4.78 is 0. The molecule has 1 fully saturated rings. The molecule has 2 aromatic carbocycles. The fourth-order valence-corrected chi connectivity index (χ4v) is 4.74. The highest BCUT2D eigenvalue weighted by Gasteiger charge is 2.39. The minimum Gasteiger partial charge on any atom is -0.390 e. The molecular formula is C30H44N4O4. The van der Waals surface area contributed by atoms with E-state index in [0.717, 1.165) is 29.3 Å². The lowest BCUT2D eigenvalue weighted by Crippen LogP contribution is -2.55. The Morgan fingerprint density at radius 1 is 1.03 bits per heavy atom. The van der Waals surface area contributed by atoms with Gasteiger partial charge in [-0.15, -0.1) is 0 Å². The Bertz CT molecular complexity index is 1110. The third kappa shape index (κ3) is 8.27. The third-order valence-electron chi connectivity index (χ3n) is 6.79. The number of hydrogen-bond acceptors (Lipinski definition) is 5. The summed E-state index contributed by atoms with van der Waals surface area (Å²) >= 11 is 0. The van der Waals surface area contributed by atoms with Crippen LogP contribution >= 0.6 is 0 Å². The number of amides is 3. The molecule has 1 heterocycles. The van der Waals surface area contributed by atoms with Crippen molar-refractivity contribution in [2.45, 2.75) is 72.1 Å². The number of hydrogen-bond donors (Lipinski definition) is 4. The van der Waals surface area contributed by atoms with Gasteiger partial charge >= 0.3 is 0 Å². The monoisotopic (exact) mass is 524 g/mol. The van der Waals surface area contributed by atoms with E-state index in [1.807, 2.05) is 63.2 Å². The van der Waals surface area contributed by atoms with Gasteiger partial charge in [-0.2, -0.15) is 0 Å². The second-order valence-electron chi connectivity index (χ2n) is 11.8. The van der Waals surface area contributed by atoms with Crippen LogP contribution in [-0.2, 0) is 20.8 Å². The van der Waals surface area contributed by atoms with Gasteiger partial charge in [0.15, 0.2) is 0 Å². The maximum atomic E-state index is 13.4. The van der Waals surface area contributed by atoms with Crippen LogP contribution < -0.4 is 16.0 Å². The Morgan fingerprint density at radius 3 is 2.42 bits per heavy atom. The number of nitrogens with zero attached hydrogens (tertiary/aromatic N) is 1. The average molecular weight is 525 g/mol. The summed E-state index contributed by atoms with van der Waals surface area (Å²) in [5, 5.41) is 21.4. The van der Waals surface area contributed by atoms with E-state index >= 15 is 0 Å². The highest BCUT2D eigenvalue weighted by Crippen LogP contribution is 2.26. The predicted molar refractivity (Wildman–Crippen MR) is 150 cm³/mol. The zero-order valence-corrected chi connectivity index (χ0v) is 23.4. The number of carbonyl (C=O) groups excluding carboxylic acids is 3. The van der Waals surface area contributed by atoms with Crippen LogP contribution in [0, 0.1) is 11.3 Å². The average Bonchev–Trinajstić information content (AvgIpc) is 3.35. The largest absolute Gasteiger partial charge is 0.390 e. The molecule has 1 aliphatic rings. The lowest BCUT2D eigenvalue weighted by atomic mass is 9.94. The molecule has 1 saturated heterocycles. The summed E-state index contributed by atoms with van der Waals surface area (Å²) in [5.74, 6) is -0.289. The summed E-state index contributed by atoms with van der Waals surface area (Å²) in [6, 6.07) is 12.5. The fraction of sp³-hybridized carbons (Fsp3) is 0.567. The van der Waals surface area contributed by atoms with E-state index in [1.54, 1.807) is 4.90 Å². The van der Waals surface area contributed by atoms with Crippen molar-refractivity contribution in [3.63, 3.8) is 0 Å². The van der Waals surface area contributed by atoms with Gasteiger partial charge in [0, 0.05) is 31.5 Å². The van der Waals surface area contributed by atoms with Crippen molar-refractivity contribution in [3.8, 4) is 0 Å². The number of likely N-dealkylation sites (tertiary alicyclic amines) is 1. The number of carbonyl (C=O) groups is 3. The Hall–Kier alpha value is -2.97. The van der Waals surface area contributed by atoms with Gasteiger partial charge in [-0.1, -0.05) is 77.1 Å². The van der Waals surface area contributed by atoms with Gasteiger partial charge in [0.05, 0.1) is 6.10 Å². The Morgan fingerprint density at radius 2 is 1.74 bits per heavy atom. The standard InChI is InChI=1S/C30H44N4O4/c1-20(2)17-31-18-24(35)19-32-27(36)25(16-21-12-13-22-9-6-7-10-23(22)15-21)33-28(37)26-11-8-14-34(26)29(38)30(3,4)5/h6-7,9-10,12-13,15,20,24-26,31,35H,8,11,14,16-19H2,1-5H3,(H,32,36)(H,33,37)/t24?,25-,26?/m1/s1. The maximum absolute atomic E-state index is 13.4. The molecule has 0 aromatic heterocycles. The quantitative estimate of drug-likeness (QED) is 0.361. The molecule has 4 N–H and O–H groups in total. The number of rotatable bonds is 11. The molecule has 38 heavy (non-hydrogen) atoms. The molecule has 3 atom stereocenters. The molecule has 0 saturated carbocycles. The number of fused-ring (bicyclic) bond motifs is 1. The molecular weight excluding hydrogens is 480 g/mol. The lowest BCUT2D eigenvalue weighted by molar-refractivity contribution is -0.145. The van der Waals surface area contributed by atoms with Crippen LogP contribution in [0.1, 0.15) is 53.0 Å². The topological polar surface area (TPSA) is 111 Å². The van der Waals surface area contributed by atoms with Gasteiger partial charge in [0.1, 0.15) is 12.1 Å². The van der Waals surface area contributed by atoms with E-state index < -0.39 is 23.6 Å². The minimum atomic E-state index is -0.841. The molecule has 8 nitrogen and oxygen atoms in total. The van der Waals surface area contributed by atoms with Gasteiger partial charge < -0.3 is 26.0 Å². The van der Waals surface area contributed by atoms with Crippen molar-refractivity contribution in [1.29, 1.82) is 0 Å². The summed E-state index contributed by atoms with van der Waals surface area (Å²) in [5.41, 5.74) is 0.321. The smallest absolute Gasteiger partial charge is 0.243 e. The van der Waals surface area contributed by atoms with E-state index in [4.69, 9.17) is 0 Å². The Labute approximate surface area is 226 Å². The number of aliphatic hydroxyl groups is 1. The SMILES string of the molecule is CC(C)CNCC(O)CNC(=O)[C@@H](Cc1ccc2ccccc2c1)NC(=O)C1CCCN1C(=O)C(C)(C)C. The number of aliphatic hydroxyl groups excluding tert-OH is 1. The minimum absolute atomic E-state index is 0.0669. The van der Waals surface area contributed by atoms with Gasteiger partial charge in [-0.05, 0) is 41.6 Å². The Balaban J connectivity index is 1.73. The molecule has 8 heteroatoms. The predicted octanol–water partition coefficient (Wildman–Crippen LogP) is 2.63. The zero-order chi connectivity index (χ0) is 27.9. The lowest BCUT2D eigenvalue weighted by Gasteiger charge is -2.31. The first-order valence-corrected chi connectivity index (χ1v) is 13.7. The van der Waals surface area contributed by atoms with Crippen molar-refractivity contribution < 1.29 is 19.5 Å². The number of benzene rings is 2. The summed E-state index contributed by atoms with van der Waals surface area (Å²) in [4.78, 5) is 41.3. The van der Waals surface area contributed by atoms with Gasteiger partial charge in [0.25, 0.3) is 0 Å². The summed E-state index contributed by atoms with van der Waals surface area (Å²) in [6.07, 6.45) is 0.864. The van der Waals surface area contributed by atoms with E-state index in [1.165, 1.54) is 0 Å². The highest BCUT2D eigenvalue weighted by molar-refractivity contribution is 5.93. The van der Waals surface area contributed by atoms with Crippen molar-refractivity contribution in [3.05, 3.63) is 48.0 Å². The van der Waals surface area contributed by atoms with Crippen LogP contribution in [0.3, 0.4) is 0 Å². The maximum Gasteiger partial charge on any atom is 0.243 e. The van der Waals surface area contributed by atoms with Crippen molar-refractivity contribution in [2.75, 3.05) is 26.2 Å². The second kappa shape index (κ2) is 13.2. The molecule has 0 spiro atoms. The van der Waals surface area contributed by atoms with E-state index in [9.17, 15) is 19.5 Å². The van der Waals surface area contributed by atoms with Crippen LogP contribution in [0.2, 0.25) is 0 Å². The first-order valence-electron chi connectivity index (χ1n) is 13.7. The van der Waals surface area contributed by atoms with E-state index in [0.29, 0.717) is 31.8 Å². The molecule has 3 rings (SSSR count). The summed E-state index contributed by atoms with van der Waals surface area (Å²) in [7, 11) is 0. The normalized spacial score (nSPS) is 17.4. The van der Waals surface area contributed by atoms with Crippen molar-refractivity contribution in [2.24, 2.45) is 11.3 Å². The van der Waals surface area contributed by atoms with Crippen LogP contribution in [0.5, 0.6) is 0 Å². The zero-order valence-electron chi connectivity index (χ0n) is 23.4. The number of nitrogens with one attached hydrogen (secondary N) is 3. The van der Waals surface area contributed by atoms with Gasteiger partial charge in [-0.3, -0.25) is 14.4 Å². The first kappa shape index (κ1) is 29.6. The van der Waals surface area contributed by atoms with Crippen molar-refractivity contribution in [1.82, 2.24) is 20.9 Å². The Kier molecular flexibility index (Phi) is 10.3. The van der Waals surface area contributed by atoms with Gasteiger partial charge in [0.2, 0.25) is 17.7 Å². The molecule has 3 amide bonds. The first-order chi connectivity index (χ1) is 18.0. The second-order valence-corrected chi connectivity index (χ2v) is 11.8. The van der Waals surface area contributed by atoms with E-state index in [2.05, 4.69) is 29.8 Å². The van der Waals surface area contributed by atoms with Crippen LogP contribution in [0.15, 0.2) is 42.5 Å². The van der Waals surface area contributed by atoms with Crippen molar-refractivity contribution >= 4 is 28.5 Å². The molecule has 2 aromatic rings. The molecule has 0 radical (unpaired) electrons. The van der Waals surface area contributed by atoms with E-state index in [-0.39, 0.29) is 24.3 Å². The molecule has 1 aliphatic heterocycles. The fourth-order valence-electron chi connectivity index (χ4n) is 4.74. The highest BCUT2D eigenvalue weighted by atomic mass is 16.3. The molecule has 208 valence electrons. The third-order valence-corrected chi connectivity index (χ3v) is 6.79. The van der Waals surface area contributed by atoms with Crippen LogP contribution in [-0.4, -0.2) is 72.1 Å². The summed E-state index contributed by atoms with van der Waals surface area (Å²) in [6.45, 7) is 11.5. The van der Waals surface area contributed by atoms with Crippen LogP contribution in [0.4, 0.5) is 0 Å².